The van der Waals surface area contributed by atoms with E-state index < -0.39 is 10.8 Å². The first-order valence-corrected chi connectivity index (χ1v) is 9.44. The van der Waals surface area contributed by atoms with Crippen molar-refractivity contribution in [3.8, 4) is 5.69 Å². The summed E-state index contributed by atoms with van der Waals surface area (Å²) in [6.45, 7) is 3.90. The van der Waals surface area contributed by atoms with E-state index in [-0.39, 0.29) is 22.2 Å². The molecule has 3 rings (SSSR count). The summed E-state index contributed by atoms with van der Waals surface area (Å²) in [5.41, 5.74) is 2.65. The number of para-hydroxylation sites is 1. The van der Waals surface area contributed by atoms with Crippen LogP contribution in [0.2, 0.25) is 5.02 Å². The second kappa shape index (κ2) is 8.36. The van der Waals surface area contributed by atoms with Crippen LogP contribution in [-0.2, 0) is 4.79 Å². The fourth-order valence-electron chi connectivity index (χ4n) is 2.63. The van der Waals surface area contributed by atoms with Gasteiger partial charge in [-0.3, -0.25) is 14.9 Å². The molecule has 0 aliphatic rings. The molecule has 0 spiro atoms. The van der Waals surface area contributed by atoms with Gasteiger partial charge in [0.2, 0.25) is 11.1 Å². The van der Waals surface area contributed by atoms with Crippen LogP contribution in [0.1, 0.15) is 11.1 Å². The van der Waals surface area contributed by atoms with Crippen molar-refractivity contribution in [3.05, 3.63) is 62.7 Å². The zero-order valence-electron chi connectivity index (χ0n) is 14.9. The molecular weight excluding hydrogens is 404 g/mol. The number of carbonyl (C=O) groups excluding carboxylic acids is 1. The van der Waals surface area contributed by atoms with Gasteiger partial charge in [-0.15, -0.1) is 5.10 Å². The van der Waals surface area contributed by atoms with Gasteiger partial charge in [-0.2, -0.15) is 4.68 Å². The third-order valence-electron chi connectivity index (χ3n) is 3.86. The van der Waals surface area contributed by atoms with Crippen LogP contribution in [0.5, 0.6) is 0 Å². The van der Waals surface area contributed by atoms with E-state index in [9.17, 15) is 14.9 Å². The Morgan fingerprint density at radius 1 is 1.29 bits per heavy atom. The average Bonchev–Trinajstić information content (AvgIpc) is 3.09. The molecule has 1 heterocycles. The number of nitrogens with one attached hydrogen (secondary N) is 1. The van der Waals surface area contributed by atoms with Crippen LogP contribution in [-0.4, -0.2) is 36.8 Å². The summed E-state index contributed by atoms with van der Waals surface area (Å²) in [5.74, 6) is -0.447. The third-order valence-corrected chi connectivity index (χ3v) is 5.01. The summed E-state index contributed by atoms with van der Waals surface area (Å²) in [4.78, 5) is 22.8. The van der Waals surface area contributed by atoms with Crippen molar-refractivity contribution >= 4 is 40.6 Å². The number of hydrogen-bond acceptors (Lipinski definition) is 7. The Balaban J connectivity index is 1.74. The topological polar surface area (TPSA) is 116 Å². The zero-order valence-corrected chi connectivity index (χ0v) is 16.5. The molecule has 0 unspecified atom stereocenters. The fraction of sp³-hybridized carbons (Fsp3) is 0.176. The molecule has 9 nitrogen and oxygen atoms in total. The van der Waals surface area contributed by atoms with E-state index in [1.165, 1.54) is 18.2 Å². The highest BCUT2D eigenvalue weighted by Crippen LogP contribution is 2.28. The lowest BCUT2D eigenvalue weighted by molar-refractivity contribution is -0.383. The van der Waals surface area contributed by atoms with E-state index in [4.69, 9.17) is 11.6 Å². The summed E-state index contributed by atoms with van der Waals surface area (Å²) in [5, 5.41) is 26.0. The van der Waals surface area contributed by atoms with E-state index >= 15 is 0 Å². The molecule has 0 aliphatic carbocycles. The Labute approximate surface area is 169 Å². The van der Waals surface area contributed by atoms with Gasteiger partial charge in [0.1, 0.15) is 5.69 Å². The van der Waals surface area contributed by atoms with Gasteiger partial charge in [0.25, 0.3) is 5.69 Å². The first kappa shape index (κ1) is 19.8. The summed E-state index contributed by atoms with van der Waals surface area (Å²) in [7, 11) is 0. The van der Waals surface area contributed by atoms with Crippen molar-refractivity contribution in [3.63, 3.8) is 0 Å². The number of anilines is 1. The SMILES string of the molecule is Cc1cccc(C)c1-n1nnnc1SCC(=O)Nc1ccc(Cl)cc1[N+](=O)[O-]. The van der Waals surface area contributed by atoms with Crippen molar-refractivity contribution in [2.75, 3.05) is 11.1 Å². The molecule has 1 aromatic heterocycles. The van der Waals surface area contributed by atoms with Gasteiger partial charge in [-0.1, -0.05) is 41.6 Å². The molecule has 11 heteroatoms. The van der Waals surface area contributed by atoms with E-state index in [0.717, 1.165) is 28.6 Å². The number of halogens is 1. The summed E-state index contributed by atoms with van der Waals surface area (Å²) in [6, 6.07) is 9.89. The minimum Gasteiger partial charge on any atom is -0.320 e. The van der Waals surface area contributed by atoms with Gasteiger partial charge in [0.05, 0.1) is 16.4 Å². The van der Waals surface area contributed by atoms with Crippen molar-refractivity contribution in [2.45, 2.75) is 19.0 Å². The number of amides is 1. The summed E-state index contributed by atoms with van der Waals surface area (Å²) < 4.78 is 1.58. The first-order valence-electron chi connectivity index (χ1n) is 8.08. The Hall–Kier alpha value is -2.98. The number of tetrazole rings is 1. The quantitative estimate of drug-likeness (QED) is 0.369. The maximum Gasteiger partial charge on any atom is 0.294 e. The number of rotatable bonds is 6. The second-order valence-electron chi connectivity index (χ2n) is 5.87. The Morgan fingerprint density at radius 2 is 2.00 bits per heavy atom. The van der Waals surface area contributed by atoms with Gasteiger partial charge in [-0.25, -0.2) is 0 Å². The molecule has 28 heavy (non-hydrogen) atoms. The van der Waals surface area contributed by atoms with Gasteiger partial charge in [0, 0.05) is 11.1 Å². The number of carbonyl (C=O) groups is 1. The van der Waals surface area contributed by atoms with Gasteiger partial charge < -0.3 is 5.32 Å². The lowest BCUT2D eigenvalue weighted by Crippen LogP contribution is -2.15. The lowest BCUT2D eigenvalue weighted by atomic mass is 10.1. The van der Waals surface area contributed by atoms with Crippen LogP contribution in [0.25, 0.3) is 5.69 Å². The highest BCUT2D eigenvalue weighted by molar-refractivity contribution is 7.99. The maximum absolute atomic E-state index is 12.3. The molecule has 1 amide bonds. The third kappa shape index (κ3) is 4.29. The molecule has 1 N–H and O–H groups in total. The van der Waals surface area contributed by atoms with Crippen LogP contribution in [0.4, 0.5) is 11.4 Å². The standard InChI is InChI=1S/C17H15ClN6O3S/c1-10-4-3-5-11(2)16(10)23-17(20-21-22-23)28-9-15(25)19-13-7-6-12(18)8-14(13)24(26)27/h3-8H,9H2,1-2H3,(H,19,25). The Kier molecular flexibility index (Phi) is 5.90. The van der Waals surface area contributed by atoms with Crippen LogP contribution in [0.15, 0.2) is 41.6 Å². The van der Waals surface area contributed by atoms with E-state index in [2.05, 4.69) is 20.8 Å². The van der Waals surface area contributed by atoms with Crippen molar-refractivity contribution in [2.24, 2.45) is 0 Å². The van der Waals surface area contributed by atoms with Gasteiger partial charge in [0.15, 0.2) is 0 Å². The van der Waals surface area contributed by atoms with E-state index in [1.807, 2.05) is 32.0 Å². The molecule has 0 atom stereocenters. The van der Waals surface area contributed by atoms with Gasteiger partial charge >= 0.3 is 0 Å². The molecule has 0 aliphatic heterocycles. The predicted molar refractivity (Wildman–Crippen MR) is 106 cm³/mol. The van der Waals surface area contributed by atoms with Crippen LogP contribution < -0.4 is 5.32 Å². The number of nitrogens with zero attached hydrogens (tertiary/aromatic N) is 5. The molecule has 0 saturated heterocycles. The Morgan fingerprint density at radius 3 is 2.68 bits per heavy atom. The molecule has 0 saturated carbocycles. The van der Waals surface area contributed by atoms with E-state index in [0.29, 0.717) is 5.16 Å². The number of benzene rings is 2. The zero-order chi connectivity index (χ0) is 20.3. The Bertz CT molecular complexity index is 1030. The van der Waals surface area contributed by atoms with Crippen LogP contribution in [0.3, 0.4) is 0 Å². The number of aromatic nitrogens is 4. The molecule has 144 valence electrons. The second-order valence-corrected chi connectivity index (χ2v) is 7.25. The molecular formula is C17H15ClN6O3S. The number of thioether (sulfide) groups is 1. The minimum absolute atomic E-state index is 0.0227. The fourth-order valence-corrected chi connectivity index (χ4v) is 3.47. The van der Waals surface area contributed by atoms with Crippen molar-refractivity contribution < 1.29 is 9.72 Å². The number of nitro groups is 1. The van der Waals surface area contributed by atoms with E-state index in [1.54, 1.807) is 4.68 Å². The highest BCUT2D eigenvalue weighted by Gasteiger charge is 2.18. The lowest BCUT2D eigenvalue weighted by Gasteiger charge is -2.10. The minimum atomic E-state index is -0.601. The highest BCUT2D eigenvalue weighted by atomic mass is 35.5. The number of hydrogen-bond donors (Lipinski definition) is 1. The van der Waals surface area contributed by atoms with Crippen molar-refractivity contribution in [1.29, 1.82) is 0 Å². The average molecular weight is 419 g/mol. The molecule has 0 fully saturated rings. The predicted octanol–water partition coefficient (Wildman–Crippen LogP) is 3.57. The van der Waals surface area contributed by atoms with Gasteiger partial charge in [-0.05, 0) is 47.5 Å². The first-order chi connectivity index (χ1) is 13.4. The molecule has 0 radical (unpaired) electrons. The number of nitro benzene ring substituents is 1. The number of aryl methyl sites for hydroxylation is 2. The maximum atomic E-state index is 12.3. The van der Waals surface area contributed by atoms with Crippen LogP contribution >= 0.6 is 23.4 Å². The largest absolute Gasteiger partial charge is 0.320 e. The smallest absolute Gasteiger partial charge is 0.294 e. The monoisotopic (exact) mass is 418 g/mol. The molecule has 3 aromatic rings. The summed E-state index contributed by atoms with van der Waals surface area (Å²) >= 11 is 6.91. The molecule has 0 bridgehead atoms. The normalized spacial score (nSPS) is 10.7. The van der Waals surface area contributed by atoms with Crippen molar-refractivity contribution in [1.82, 2.24) is 20.2 Å². The molecule has 2 aromatic carbocycles. The summed E-state index contributed by atoms with van der Waals surface area (Å²) in [6.07, 6.45) is 0. The van der Waals surface area contributed by atoms with Crippen LogP contribution in [0, 0.1) is 24.0 Å².